The number of carbonyl (C=O) groups is 1. The van der Waals surface area contributed by atoms with E-state index in [1.165, 1.54) is 16.3 Å². The minimum absolute atomic E-state index is 0.0277. The lowest BCUT2D eigenvalue weighted by molar-refractivity contribution is -0.133. The second-order valence-electron chi connectivity index (χ2n) is 9.83. The van der Waals surface area contributed by atoms with Crippen molar-refractivity contribution in [1.82, 2.24) is 19.0 Å². The molecule has 1 saturated heterocycles. The molecule has 194 valence electrons. The molecular weight excluding hydrogens is 484 g/mol. The Bertz CT molecular complexity index is 1600. The van der Waals surface area contributed by atoms with Gasteiger partial charge in [0.2, 0.25) is 12.7 Å². The van der Waals surface area contributed by atoms with Gasteiger partial charge in [-0.1, -0.05) is 36.4 Å². The number of amides is 1. The number of hydrogen-bond acceptors (Lipinski definition) is 6. The smallest absolute Gasteiger partial charge is 0.332 e. The fourth-order valence-corrected chi connectivity index (χ4v) is 5.33. The van der Waals surface area contributed by atoms with E-state index < -0.39 is 11.2 Å². The Labute approximate surface area is 218 Å². The predicted molar refractivity (Wildman–Crippen MR) is 141 cm³/mol. The van der Waals surface area contributed by atoms with Crippen molar-refractivity contribution in [3.8, 4) is 11.5 Å². The van der Waals surface area contributed by atoms with E-state index in [9.17, 15) is 14.4 Å². The summed E-state index contributed by atoms with van der Waals surface area (Å²) in [6.45, 7) is 1.32. The molecule has 38 heavy (non-hydrogen) atoms. The van der Waals surface area contributed by atoms with Crippen LogP contribution in [0, 0.1) is 5.92 Å². The Morgan fingerprint density at radius 1 is 0.895 bits per heavy atom. The lowest BCUT2D eigenvalue weighted by Gasteiger charge is -2.32. The maximum atomic E-state index is 13.6. The van der Waals surface area contributed by atoms with E-state index in [0.717, 1.165) is 23.8 Å². The zero-order valence-electron chi connectivity index (χ0n) is 20.9. The summed E-state index contributed by atoms with van der Waals surface area (Å²) in [4.78, 5) is 46.2. The van der Waals surface area contributed by atoms with Crippen molar-refractivity contribution < 1.29 is 14.3 Å². The lowest BCUT2D eigenvalue weighted by Crippen LogP contribution is -2.45. The molecule has 0 N–H and O–H groups in total. The van der Waals surface area contributed by atoms with Crippen molar-refractivity contribution >= 4 is 16.9 Å². The third-order valence-corrected chi connectivity index (χ3v) is 7.39. The highest BCUT2D eigenvalue weighted by Gasteiger charge is 2.25. The molecule has 1 fully saturated rings. The lowest BCUT2D eigenvalue weighted by atomic mass is 9.90. The summed E-state index contributed by atoms with van der Waals surface area (Å²) in [7, 11) is 0. The van der Waals surface area contributed by atoms with Crippen LogP contribution in [0.5, 0.6) is 11.5 Å². The van der Waals surface area contributed by atoms with E-state index in [1.54, 1.807) is 30.3 Å². The average molecular weight is 513 g/mol. The number of ether oxygens (including phenoxy) is 2. The number of aromatic nitrogens is 3. The van der Waals surface area contributed by atoms with E-state index in [0.29, 0.717) is 41.6 Å². The molecule has 9 heteroatoms. The average Bonchev–Trinajstić information content (AvgIpc) is 3.42. The minimum atomic E-state index is -0.541. The molecule has 2 aromatic heterocycles. The largest absolute Gasteiger partial charge is 0.454 e. The Balaban J connectivity index is 1.23. The van der Waals surface area contributed by atoms with Crippen LogP contribution in [0.4, 0.5) is 0 Å². The van der Waals surface area contributed by atoms with E-state index in [2.05, 4.69) is 29.2 Å². The van der Waals surface area contributed by atoms with Crippen LogP contribution < -0.4 is 20.7 Å². The van der Waals surface area contributed by atoms with Crippen LogP contribution in [0.2, 0.25) is 0 Å². The number of hydrogen-bond donors (Lipinski definition) is 0. The summed E-state index contributed by atoms with van der Waals surface area (Å²) in [5, 5.41) is 0. The molecule has 6 rings (SSSR count). The van der Waals surface area contributed by atoms with Gasteiger partial charge in [0.05, 0.1) is 12.1 Å². The summed E-state index contributed by atoms with van der Waals surface area (Å²) < 4.78 is 13.3. The zero-order chi connectivity index (χ0) is 26.1. The van der Waals surface area contributed by atoms with Gasteiger partial charge in [-0.25, -0.2) is 9.78 Å². The number of rotatable bonds is 6. The topological polar surface area (TPSA) is 95.7 Å². The molecule has 0 spiro atoms. The first-order valence-electron chi connectivity index (χ1n) is 12.9. The number of fused-ring (bicyclic) bond motifs is 2. The van der Waals surface area contributed by atoms with Crippen LogP contribution in [0.3, 0.4) is 0 Å². The van der Waals surface area contributed by atoms with Gasteiger partial charge in [-0.3, -0.25) is 18.7 Å². The van der Waals surface area contributed by atoms with Crippen LogP contribution in [0.1, 0.15) is 24.0 Å². The molecule has 2 aliphatic rings. The third-order valence-electron chi connectivity index (χ3n) is 7.39. The minimum Gasteiger partial charge on any atom is -0.454 e. The van der Waals surface area contributed by atoms with Gasteiger partial charge in [-0.15, -0.1) is 0 Å². The number of nitrogens with zero attached hydrogens (tertiary/aromatic N) is 4. The van der Waals surface area contributed by atoms with Crippen molar-refractivity contribution in [2.45, 2.75) is 32.4 Å². The van der Waals surface area contributed by atoms with Gasteiger partial charge in [-0.2, -0.15) is 0 Å². The normalized spacial score (nSPS) is 15.2. The summed E-state index contributed by atoms with van der Waals surface area (Å²) >= 11 is 0. The molecule has 0 atom stereocenters. The summed E-state index contributed by atoms with van der Waals surface area (Å²) in [6, 6.07) is 19.0. The van der Waals surface area contributed by atoms with E-state index in [1.807, 2.05) is 11.0 Å². The fourth-order valence-electron chi connectivity index (χ4n) is 5.33. The van der Waals surface area contributed by atoms with Crippen molar-refractivity contribution in [3.63, 3.8) is 0 Å². The van der Waals surface area contributed by atoms with Crippen LogP contribution in [0.15, 0.2) is 76.4 Å². The Morgan fingerprint density at radius 3 is 2.50 bits per heavy atom. The van der Waals surface area contributed by atoms with Crippen LogP contribution in [0.25, 0.3) is 11.0 Å². The highest BCUT2D eigenvalue weighted by molar-refractivity contribution is 5.79. The van der Waals surface area contributed by atoms with E-state index in [-0.39, 0.29) is 31.3 Å². The second kappa shape index (κ2) is 10.2. The second-order valence-corrected chi connectivity index (χ2v) is 9.83. The van der Waals surface area contributed by atoms with Gasteiger partial charge in [-0.05, 0) is 60.6 Å². The number of benzene rings is 2. The van der Waals surface area contributed by atoms with Crippen LogP contribution in [-0.4, -0.2) is 44.8 Å². The summed E-state index contributed by atoms with van der Waals surface area (Å²) in [5.41, 5.74) is 1.50. The molecule has 0 radical (unpaired) electrons. The number of carbonyl (C=O) groups excluding carboxylic acids is 1. The first kappa shape index (κ1) is 24.0. The van der Waals surface area contributed by atoms with E-state index in [4.69, 9.17) is 9.47 Å². The molecular formula is C29H28N4O5. The van der Waals surface area contributed by atoms with Gasteiger partial charge in [0.25, 0.3) is 5.56 Å². The first-order valence-corrected chi connectivity index (χ1v) is 12.9. The van der Waals surface area contributed by atoms with Crippen molar-refractivity contribution in [3.05, 3.63) is 98.8 Å². The molecule has 0 bridgehead atoms. The summed E-state index contributed by atoms with van der Waals surface area (Å²) in [5.74, 6) is 1.58. The van der Waals surface area contributed by atoms with Crippen molar-refractivity contribution in [2.75, 3.05) is 19.9 Å². The fraction of sp³-hybridized carbons (Fsp3) is 0.310. The quantitative estimate of drug-likeness (QED) is 0.394. The van der Waals surface area contributed by atoms with Gasteiger partial charge >= 0.3 is 5.69 Å². The Morgan fingerprint density at radius 2 is 1.68 bits per heavy atom. The predicted octanol–water partition coefficient (Wildman–Crippen LogP) is 2.82. The molecule has 2 aliphatic heterocycles. The molecule has 1 amide bonds. The molecule has 0 aliphatic carbocycles. The number of piperidine rings is 1. The standard InChI is InChI=1S/C29H28N4O5/c34-26(31-13-10-21(11-14-31)15-20-5-2-1-3-6-20)18-32-23-7-4-12-30-27(23)28(35)33(29(32)36)17-22-8-9-24-25(16-22)38-19-37-24/h1-9,12,16,21H,10-11,13-15,17-19H2. The molecule has 2 aromatic carbocycles. The summed E-state index contributed by atoms with van der Waals surface area (Å²) in [6.07, 6.45) is 4.36. The van der Waals surface area contributed by atoms with Crippen molar-refractivity contribution in [1.29, 1.82) is 0 Å². The van der Waals surface area contributed by atoms with Crippen LogP contribution in [-0.2, 0) is 24.3 Å². The van der Waals surface area contributed by atoms with Gasteiger partial charge < -0.3 is 14.4 Å². The molecule has 4 heterocycles. The van der Waals surface area contributed by atoms with Gasteiger partial charge in [0.15, 0.2) is 17.0 Å². The van der Waals surface area contributed by atoms with Gasteiger partial charge in [0.1, 0.15) is 6.54 Å². The number of pyridine rings is 1. The highest BCUT2D eigenvalue weighted by Crippen LogP contribution is 2.32. The maximum absolute atomic E-state index is 13.6. The first-order chi connectivity index (χ1) is 18.6. The maximum Gasteiger partial charge on any atom is 0.332 e. The third kappa shape index (κ3) is 4.67. The SMILES string of the molecule is O=C(Cn1c(=O)n(Cc2ccc3c(c2)OCO3)c(=O)c2ncccc21)N1CCC(Cc2ccccc2)CC1. The monoisotopic (exact) mass is 512 g/mol. The highest BCUT2D eigenvalue weighted by atomic mass is 16.7. The van der Waals surface area contributed by atoms with E-state index >= 15 is 0 Å². The molecule has 0 unspecified atom stereocenters. The number of likely N-dealkylation sites (tertiary alicyclic amines) is 1. The molecule has 4 aromatic rings. The molecule has 0 saturated carbocycles. The molecule has 9 nitrogen and oxygen atoms in total. The Kier molecular flexibility index (Phi) is 6.41. The van der Waals surface area contributed by atoms with Gasteiger partial charge in [0, 0.05) is 19.3 Å². The zero-order valence-corrected chi connectivity index (χ0v) is 20.9. The Hall–Kier alpha value is -4.40. The van der Waals surface area contributed by atoms with Crippen LogP contribution >= 0.6 is 0 Å². The van der Waals surface area contributed by atoms with Crippen molar-refractivity contribution in [2.24, 2.45) is 5.92 Å².